The average Bonchev–Trinajstić information content (AvgIpc) is 2.71. The number of fused-ring (bicyclic) bond motifs is 1. The lowest BCUT2D eigenvalue weighted by molar-refractivity contribution is 0.174. The second-order valence-electron chi connectivity index (χ2n) is 3.98. The molecule has 0 amide bonds. The first-order valence-electron chi connectivity index (χ1n) is 5.57. The Kier molecular flexibility index (Phi) is 3.71. The van der Waals surface area contributed by atoms with Crippen LogP contribution in [0.3, 0.4) is 0 Å². The van der Waals surface area contributed by atoms with Gasteiger partial charge in [0, 0.05) is 10.5 Å². The molecule has 0 fully saturated rings. The van der Waals surface area contributed by atoms with Crippen LogP contribution in [0.4, 0.5) is 0 Å². The molecule has 0 unspecified atom stereocenters. The molecule has 0 aliphatic carbocycles. The second kappa shape index (κ2) is 5.06. The summed E-state index contributed by atoms with van der Waals surface area (Å²) in [5.74, 6) is 1.59. The lowest BCUT2D eigenvalue weighted by atomic mass is 10.0. The van der Waals surface area contributed by atoms with E-state index < -0.39 is 0 Å². The molecule has 1 aromatic rings. The molecule has 1 aliphatic rings. The standard InChI is InChI=1S/C12H16BrNO2/c1-2-3-4-10(14)8-5-11-12(6-9(8)13)16-7-15-11/h5-6,10H,2-4,7,14H2,1H3/t10-/m0/s1. The van der Waals surface area contributed by atoms with Gasteiger partial charge < -0.3 is 15.2 Å². The molecular formula is C12H16BrNO2. The van der Waals surface area contributed by atoms with Crippen molar-refractivity contribution in [1.29, 1.82) is 0 Å². The Balaban J connectivity index is 2.20. The fourth-order valence-electron chi connectivity index (χ4n) is 1.80. The van der Waals surface area contributed by atoms with Crippen molar-refractivity contribution in [3.05, 3.63) is 22.2 Å². The van der Waals surface area contributed by atoms with Gasteiger partial charge in [0.1, 0.15) is 0 Å². The minimum absolute atomic E-state index is 0.0591. The summed E-state index contributed by atoms with van der Waals surface area (Å²) in [6.07, 6.45) is 3.30. The Morgan fingerprint density at radius 1 is 1.38 bits per heavy atom. The lowest BCUT2D eigenvalue weighted by Gasteiger charge is -2.14. The summed E-state index contributed by atoms with van der Waals surface area (Å²) >= 11 is 3.53. The fourth-order valence-corrected chi connectivity index (χ4v) is 2.41. The zero-order chi connectivity index (χ0) is 11.5. The first kappa shape index (κ1) is 11.7. The molecule has 1 aliphatic heterocycles. The van der Waals surface area contributed by atoms with E-state index in [4.69, 9.17) is 15.2 Å². The minimum Gasteiger partial charge on any atom is -0.454 e. The van der Waals surface area contributed by atoms with Gasteiger partial charge in [-0.2, -0.15) is 0 Å². The quantitative estimate of drug-likeness (QED) is 0.923. The van der Waals surface area contributed by atoms with Crippen LogP contribution in [0.5, 0.6) is 11.5 Å². The van der Waals surface area contributed by atoms with Gasteiger partial charge in [-0.05, 0) is 24.1 Å². The number of halogens is 1. The highest BCUT2D eigenvalue weighted by atomic mass is 79.9. The van der Waals surface area contributed by atoms with Crippen LogP contribution < -0.4 is 15.2 Å². The minimum atomic E-state index is 0.0591. The molecule has 0 radical (unpaired) electrons. The van der Waals surface area contributed by atoms with Crippen LogP contribution in [0.2, 0.25) is 0 Å². The molecule has 0 saturated heterocycles. The van der Waals surface area contributed by atoms with Crippen molar-refractivity contribution in [3.8, 4) is 11.5 Å². The number of ether oxygens (including phenoxy) is 2. The van der Waals surface area contributed by atoms with E-state index in [0.717, 1.165) is 40.8 Å². The molecular weight excluding hydrogens is 270 g/mol. The third kappa shape index (κ3) is 2.33. The van der Waals surface area contributed by atoms with Crippen LogP contribution >= 0.6 is 15.9 Å². The number of benzene rings is 1. The van der Waals surface area contributed by atoms with Crippen LogP contribution in [0, 0.1) is 0 Å². The average molecular weight is 286 g/mol. The topological polar surface area (TPSA) is 44.5 Å². The molecule has 3 nitrogen and oxygen atoms in total. The first-order valence-corrected chi connectivity index (χ1v) is 6.36. The van der Waals surface area contributed by atoms with Gasteiger partial charge in [0.05, 0.1) is 0 Å². The largest absolute Gasteiger partial charge is 0.454 e. The summed E-state index contributed by atoms with van der Waals surface area (Å²) < 4.78 is 11.7. The van der Waals surface area contributed by atoms with Crippen molar-refractivity contribution in [2.75, 3.05) is 6.79 Å². The molecule has 0 saturated carbocycles. The molecule has 88 valence electrons. The molecule has 2 N–H and O–H groups in total. The molecule has 1 atom stereocenters. The molecule has 0 bridgehead atoms. The number of hydrogen-bond acceptors (Lipinski definition) is 3. The van der Waals surface area contributed by atoms with Crippen LogP contribution in [0.1, 0.15) is 37.8 Å². The van der Waals surface area contributed by atoms with E-state index in [1.807, 2.05) is 12.1 Å². The monoisotopic (exact) mass is 285 g/mol. The summed E-state index contributed by atoms with van der Waals surface area (Å²) in [6.45, 7) is 2.47. The van der Waals surface area contributed by atoms with E-state index >= 15 is 0 Å². The van der Waals surface area contributed by atoms with E-state index in [1.54, 1.807) is 0 Å². The van der Waals surface area contributed by atoms with Crippen molar-refractivity contribution in [3.63, 3.8) is 0 Å². The van der Waals surface area contributed by atoms with Crippen molar-refractivity contribution >= 4 is 15.9 Å². The highest BCUT2D eigenvalue weighted by Gasteiger charge is 2.19. The van der Waals surface area contributed by atoms with Gasteiger partial charge >= 0.3 is 0 Å². The second-order valence-corrected chi connectivity index (χ2v) is 4.83. The number of nitrogens with two attached hydrogens (primary N) is 1. The zero-order valence-corrected chi connectivity index (χ0v) is 10.9. The molecule has 16 heavy (non-hydrogen) atoms. The Hall–Kier alpha value is -0.740. The normalized spacial score (nSPS) is 15.2. The van der Waals surface area contributed by atoms with E-state index in [1.165, 1.54) is 0 Å². The maximum Gasteiger partial charge on any atom is 0.231 e. The van der Waals surface area contributed by atoms with Gasteiger partial charge in [-0.25, -0.2) is 0 Å². The molecule has 0 aromatic heterocycles. The molecule has 4 heteroatoms. The third-order valence-electron chi connectivity index (χ3n) is 2.76. The van der Waals surface area contributed by atoms with Gasteiger partial charge in [0.15, 0.2) is 11.5 Å². The van der Waals surface area contributed by atoms with Crippen molar-refractivity contribution < 1.29 is 9.47 Å². The smallest absolute Gasteiger partial charge is 0.231 e. The summed E-state index contributed by atoms with van der Waals surface area (Å²) in [7, 11) is 0. The summed E-state index contributed by atoms with van der Waals surface area (Å²) in [5.41, 5.74) is 7.24. The number of rotatable bonds is 4. The summed E-state index contributed by atoms with van der Waals surface area (Å²) in [5, 5.41) is 0. The highest BCUT2D eigenvalue weighted by Crippen LogP contribution is 2.39. The van der Waals surface area contributed by atoms with Gasteiger partial charge in [0.25, 0.3) is 0 Å². The third-order valence-corrected chi connectivity index (χ3v) is 3.45. The number of hydrogen-bond donors (Lipinski definition) is 1. The van der Waals surface area contributed by atoms with Crippen molar-refractivity contribution in [2.45, 2.75) is 32.2 Å². The Bertz CT molecular complexity index is 382. The van der Waals surface area contributed by atoms with Crippen LogP contribution in [-0.2, 0) is 0 Å². The molecule has 1 heterocycles. The highest BCUT2D eigenvalue weighted by molar-refractivity contribution is 9.10. The van der Waals surface area contributed by atoms with Gasteiger partial charge in [-0.3, -0.25) is 0 Å². The lowest BCUT2D eigenvalue weighted by Crippen LogP contribution is -2.10. The van der Waals surface area contributed by atoms with Gasteiger partial charge in [-0.1, -0.05) is 35.7 Å². The summed E-state index contributed by atoms with van der Waals surface area (Å²) in [4.78, 5) is 0. The fraction of sp³-hybridized carbons (Fsp3) is 0.500. The van der Waals surface area contributed by atoms with E-state index in [9.17, 15) is 0 Å². The SMILES string of the molecule is CCCC[C@H](N)c1cc2c(cc1Br)OCO2. The molecule has 2 rings (SSSR count). The van der Waals surface area contributed by atoms with Crippen LogP contribution in [0.15, 0.2) is 16.6 Å². The van der Waals surface area contributed by atoms with E-state index in [-0.39, 0.29) is 6.04 Å². The Morgan fingerprint density at radius 2 is 2.06 bits per heavy atom. The van der Waals surface area contributed by atoms with Crippen LogP contribution in [-0.4, -0.2) is 6.79 Å². The maximum absolute atomic E-state index is 6.15. The van der Waals surface area contributed by atoms with Crippen molar-refractivity contribution in [2.24, 2.45) is 5.73 Å². The van der Waals surface area contributed by atoms with Gasteiger partial charge in [0.2, 0.25) is 6.79 Å². The number of unbranched alkanes of at least 4 members (excludes halogenated alkanes) is 1. The predicted molar refractivity (Wildman–Crippen MR) is 66.7 cm³/mol. The van der Waals surface area contributed by atoms with Crippen molar-refractivity contribution in [1.82, 2.24) is 0 Å². The van der Waals surface area contributed by atoms with Crippen LogP contribution in [0.25, 0.3) is 0 Å². The Labute approximate surface area is 104 Å². The Morgan fingerprint density at radius 3 is 2.75 bits per heavy atom. The van der Waals surface area contributed by atoms with E-state index in [2.05, 4.69) is 22.9 Å². The summed E-state index contributed by atoms with van der Waals surface area (Å²) in [6, 6.07) is 3.97. The van der Waals surface area contributed by atoms with E-state index in [0.29, 0.717) is 6.79 Å². The first-order chi connectivity index (χ1) is 7.72. The molecule has 1 aromatic carbocycles. The maximum atomic E-state index is 6.15. The zero-order valence-electron chi connectivity index (χ0n) is 9.33. The van der Waals surface area contributed by atoms with Gasteiger partial charge in [-0.15, -0.1) is 0 Å². The molecule has 0 spiro atoms. The predicted octanol–water partition coefficient (Wildman–Crippen LogP) is 3.37.